The molecule has 0 aromatic rings. The van der Waals surface area contributed by atoms with Gasteiger partial charge in [-0.3, -0.25) is 15.5 Å². The van der Waals surface area contributed by atoms with E-state index in [1.807, 2.05) is 26.0 Å². The van der Waals surface area contributed by atoms with Crippen molar-refractivity contribution in [1.29, 1.82) is 0 Å². The molecule has 1 aliphatic heterocycles. The van der Waals surface area contributed by atoms with Crippen LogP contribution in [-0.2, 0) is 4.79 Å². The number of hydrogen-bond donors (Lipinski definition) is 5. The molecule has 0 aromatic heterocycles. The Morgan fingerprint density at radius 2 is 2.17 bits per heavy atom. The smallest absolute Gasteiger partial charge is 0.266 e. The van der Waals surface area contributed by atoms with Crippen LogP contribution in [0.1, 0.15) is 27.2 Å². The van der Waals surface area contributed by atoms with Gasteiger partial charge in [-0.25, -0.2) is 9.40 Å². The standard InChI is InChI=1S/C22H37FN6O/c1-14(6-7-16(3)27-21(24)22(30)28-29(5)13-25-4)18-10-11-26-20(18)17-8-9-19(23)15(2)12-17/h6-10,14,16-17,20-21,25-27H,11-13,24H2,1-5H3,(H,28,30)/b7-6-. The number of amides is 1. The van der Waals surface area contributed by atoms with Gasteiger partial charge in [-0.2, -0.15) is 0 Å². The molecule has 0 radical (unpaired) electrons. The van der Waals surface area contributed by atoms with E-state index in [4.69, 9.17) is 5.73 Å². The summed E-state index contributed by atoms with van der Waals surface area (Å²) in [6, 6.07) is 0.146. The highest BCUT2D eigenvalue weighted by molar-refractivity contribution is 5.80. The summed E-state index contributed by atoms with van der Waals surface area (Å²) < 4.78 is 13.7. The van der Waals surface area contributed by atoms with Gasteiger partial charge in [-0.1, -0.05) is 31.2 Å². The van der Waals surface area contributed by atoms with Gasteiger partial charge in [0.15, 0.2) is 0 Å². The summed E-state index contributed by atoms with van der Waals surface area (Å²) in [6.07, 6.45) is 9.89. The number of nitrogens with two attached hydrogens (primary N) is 1. The van der Waals surface area contributed by atoms with Crippen molar-refractivity contribution in [3.05, 3.63) is 47.4 Å². The third-order valence-corrected chi connectivity index (χ3v) is 5.54. The Labute approximate surface area is 179 Å². The number of hydrazine groups is 1. The Hall–Kier alpha value is -1.84. The third-order valence-electron chi connectivity index (χ3n) is 5.54. The minimum absolute atomic E-state index is 0.0648. The molecule has 7 nitrogen and oxygen atoms in total. The summed E-state index contributed by atoms with van der Waals surface area (Å²) in [7, 11) is 3.56. The zero-order valence-electron chi connectivity index (χ0n) is 18.7. The molecule has 0 bridgehead atoms. The largest absolute Gasteiger partial charge is 0.308 e. The minimum Gasteiger partial charge on any atom is -0.308 e. The first-order valence-electron chi connectivity index (χ1n) is 10.6. The van der Waals surface area contributed by atoms with E-state index in [1.54, 1.807) is 25.2 Å². The van der Waals surface area contributed by atoms with E-state index in [0.717, 1.165) is 18.5 Å². The lowest BCUT2D eigenvalue weighted by molar-refractivity contribution is -0.127. The van der Waals surface area contributed by atoms with Gasteiger partial charge in [0.25, 0.3) is 5.91 Å². The van der Waals surface area contributed by atoms with Crippen LogP contribution in [0.4, 0.5) is 4.39 Å². The molecule has 5 unspecified atom stereocenters. The highest BCUT2D eigenvalue weighted by Crippen LogP contribution is 2.33. The third kappa shape index (κ3) is 6.85. The van der Waals surface area contributed by atoms with Crippen molar-refractivity contribution in [2.45, 2.75) is 45.4 Å². The number of carbonyl (C=O) groups is 1. The van der Waals surface area contributed by atoms with Gasteiger partial charge in [0, 0.05) is 31.6 Å². The van der Waals surface area contributed by atoms with Crippen LogP contribution in [-0.4, -0.2) is 56.5 Å². The fraction of sp³-hybridized carbons (Fsp3) is 0.591. The Bertz CT molecular complexity index is 716. The van der Waals surface area contributed by atoms with Crippen LogP contribution < -0.4 is 27.1 Å². The Balaban J connectivity index is 1.87. The number of hydrogen-bond acceptors (Lipinski definition) is 6. The van der Waals surface area contributed by atoms with Crippen molar-refractivity contribution in [1.82, 2.24) is 26.4 Å². The Morgan fingerprint density at radius 3 is 2.83 bits per heavy atom. The maximum Gasteiger partial charge on any atom is 0.266 e. The highest BCUT2D eigenvalue weighted by atomic mass is 19.1. The number of halogens is 1. The van der Waals surface area contributed by atoms with E-state index < -0.39 is 6.17 Å². The second kappa shape index (κ2) is 11.5. The molecule has 6 N–H and O–H groups in total. The topological polar surface area (TPSA) is 94.5 Å². The molecule has 1 amide bonds. The number of rotatable bonds is 10. The minimum atomic E-state index is -0.809. The van der Waals surface area contributed by atoms with Crippen LogP contribution in [0.5, 0.6) is 0 Å². The van der Waals surface area contributed by atoms with E-state index in [9.17, 15) is 9.18 Å². The molecule has 5 atom stereocenters. The van der Waals surface area contributed by atoms with Crippen LogP contribution in [0.2, 0.25) is 0 Å². The SMILES string of the molecule is CNCN(C)NC(=O)C(N)NC(C)/C=C\C(C)C1=CCNC1C1C=CC(F)=C(C)C1. The van der Waals surface area contributed by atoms with Crippen molar-refractivity contribution in [2.75, 3.05) is 27.3 Å². The lowest BCUT2D eigenvalue weighted by atomic mass is 9.82. The quantitative estimate of drug-likeness (QED) is 0.208. The summed E-state index contributed by atoms with van der Waals surface area (Å²) in [5.41, 5.74) is 10.8. The van der Waals surface area contributed by atoms with Crippen LogP contribution in [0, 0.1) is 11.8 Å². The molecule has 1 heterocycles. The fourth-order valence-corrected chi connectivity index (χ4v) is 3.91. The molecule has 2 aliphatic rings. The van der Waals surface area contributed by atoms with Gasteiger partial charge in [0.05, 0.1) is 6.67 Å². The van der Waals surface area contributed by atoms with Crippen LogP contribution >= 0.6 is 0 Å². The average Bonchev–Trinajstić information content (AvgIpc) is 3.18. The maximum atomic E-state index is 13.7. The zero-order chi connectivity index (χ0) is 22.3. The maximum absolute atomic E-state index is 13.7. The number of nitrogens with one attached hydrogen (secondary N) is 4. The lowest BCUT2D eigenvalue weighted by Crippen LogP contribution is -2.56. The van der Waals surface area contributed by atoms with E-state index in [1.165, 1.54) is 5.57 Å². The summed E-state index contributed by atoms with van der Waals surface area (Å²) >= 11 is 0. The monoisotopic (exact) mass is 420 g/mol. The van der Waals surface area contributed by atoms with Gasteiger partial charge in [0.2, 0.25) is 0 Å². The van der Waals surface area contributed by atoms with Crippen LogP contribution in [0.25, 0.3) is 0 Å². The average molecular weight is 421 g/mol. The zero-order valence-corrected chi connectivity index (χ0v) is 18.7. The summed E-state index contributed by atoms with van der Waals surface area (Å²) in [6.45, 7) is 7.33. The van der Waals surface area contributed by atoms with Gasteiger partial charge in [-0.05, 0) is 50.5 Å². The van der Waals surface area contributed by atoms with Crippen molar-refractivity contribution < 1.29 is 9.18 Å². The first kappa shape index (κ1) is 24.4. The van der Waals surface area contributed by atoms with Gasteiger partial charge in [0.1, 0.15) is 12.0 Å². The fourth-order valence-electron chi connectivity index (χ4n) is 3.91. The molecule has 0 saturated carbocycles. The van der Waals surface area contributed by atoms with Crippen molar-refractivity contribution >= 4 is 5.91 Å². The number of nitrogens with zero attached hydrogens (tertiary/aromatic N) is 1. The van der Waals surface area contributed by atoms with E-state index in [-0.39, 0.29) is 35.7 Å². The Kier molecular flexibility index (Phi) is 9.38. The number of carbonyl (C=O) groups excluding carboxylic acids is 1. The second-order valence-electron chi connectivity index (χ2n) is 8.24. The predicted octanol–water partition coefficient (Wildman–Crippen LogP) is 1.30. The molecule has 0 saturated heterocycles. The van der Waals surface area contributed by atoms with Gasteiger partial charge in [-0.15, -0.1) is 0 Å². The predicted molar refractivity (Wildman–Crippen MR) is 120 cm³/mol. The molecule has 0 aromatic carbocycles. The molecule has 168 valence electrons. The van der Waals surface area contributed by atoms with Crippen molar-refractivity contribution in [3.63, 3.8) is 0 Å². The molecular weight excluding hydrogens is 383 g/mol. The molecule has 0 fully saturated rings. The van der Waals surface area contributed by atoms with Crippen molar-refractivity contribution in [3.8, 4) is 0 Å². The summed E-state index contributed by atoms with van der Waals surface area (Å²) in [5.74, 6) is 0.0885. The van der Waals surface area contributed by atoms with Crippen molar-refractivity contribution in [2.24, 2.45) is 17.6 Å². The lowest BCUT2D eigenvalue weighted by Gasteiger charge is -2.28. The highest BCUT2D eigenvalue weighted by Gasteiger charge is 2.30. The van der Waals surface area contributed by atoms with E-state index in [0.29, 0.717) is 6.67 Å². The van der Waals surface area contributed by atoms with E-state index >= 15 is 0 Å². The molecule has 0 spiro atoms. The molecule has 8 heteroatoms. The first-order chi connectivity index (χ1) is 14.2. The normalized spacial score (nSPS) is 25.0. The molecule has 2 rings (SSSR count). The molecule has 30 heavy (non-hydrogen) atoms. The van der Waals surface area contributed by atoms with Crippen LogP contribution in [0.3, 0.4) is 0 Å². The first-order valence-corrected chi connectivity index (χ1v) is 10.6. The summed E-state index contributed by atoms with van der Waals surface area (Å²) in [4.78, 5) is 12.1. The molecule has 1 aliphatic carbocycles. The Morgan fingerprint density at radius 1 is 1.43 bits per heavy atom. The number of allylic oxidation sites excluding steroid dienone is 4. The van der Waals surface area contributed by atoms with E-state index in [2.05, 4.69) is 40.5 Å². The second-order valence-corrected chi connectivity index (χ2v) is 8.24. The molecular formula is C22H37FN6O. The van der Waals surface area contributed by atoms with Gasteiger partial charge < -0.3 is 16.4 Å². The van der Waals surface area contributed by atoms with Crippen LogP contribution in [0.15, 0.2) is 47.4 Å². The van der Waals surface area contributed by atoms with Gasteiger partial charge >= 0.3 is 0 Å². The summed E-state index contributed by atoms with van der Waals surface area (Å²) in [5, 5.41) is 11.2.